The van der Waals surface area contributed by atoms with Crippen molar-refractivity contribution in [3.8, 4) is 0 Å². The van der Waals surface area contributed by atoms with Gasteiger partial charge in [-0.3, -0.25) is 4.98 Å². The van der Waals surface area contributed by atoms with E-state index in [0.717, 1.165) is 11.3 Å². The minimum Gasteiger partial charge on any atom is -0.319 e. The van der Waals surface area contributed by atoms with E-state index in [4.69, 9.17) is 5.73 Å². The molecule has 2 rings (SSSR count). The van der Waals surface area contributed by atoms with Gasteiger partial charge in [0.2, 0.25) is 0 Å². The average Bonchev–Trinajstić information content (AvgIpc) is 2.33. The number of pyridine rings is 1. The topological polar surface area (TPSA) is 38.9 Å². The van der Waals surface area contributed by atoms with Crippen molar-refractivity contribution >= 4 is 0 Å². The highest BCUT2D eigenvalue weighted by molar-refractivity contribution is 5.42. The molecule has 100 valence electrons. The summed E-state index contributed by atoms with van der Waals surface area (Å²) >= 11 is 0. The van der Waals surface area contributed by atoms with Gasteiger partial charge in [0.1, 0.15) is 0 Å². The van der Waals surface area contributed by atoms with Gasteiger partial charge in [-0.05, 0) is 68.0 Å². The van der Waals surface area contributed by atoms with Gasteiger partial charge in [-0.1, -0.05) is 18.2 Å². The van der Waals surface area contributed by atoms with Crippen LogP contribution < -0.4 is 5.73 Å². The van der Waals surface area contributed by atoms with E-state index in [2.05, 4.69) is 57.8 Å². The highest BCUT2D eigenvalue weighted by Crippen LogP contribution is 2.26. The largest absolute Gasteiger partial charge is 0.319 e. The van der Waals surface area contributed by atoms with Crippen molar-refractivity contribution in [3.63, 3.8) is 0 Å². The maximum absolute atomic E-state index is 6.42. The summed E-state index contributed by atoms with van der Waals surface area (Å²) in [5.41, 5.74) is 14.7. The van der Waals surface area contributed by atoms with E-state index in [-0.39, 0.29) is 6.04 Å². The predicted octanol–water partition coefficient (Wildman–Crippen LogP) is 3.67. The van der Waals surface area contributed by atoms with Crippen LogP contribution in [-0.2, 0) is 0 Å². The molecule has 0 aliphatic heterocycles. The molecule has 0 aliphatic carbocycles. The Morgan fingerprint density at radius 1 is 0.842 bits per heavy atom. The van der Waals surface area contributed by atoms with Crippen LogP contribution in [0.4, 0.5) is 0 Å². The first-order chi connectivity index (χ1) is 8.90. The number of aryl methyl sites for hydroxylation is 5. The van der Waals surface area contributed by atoms with Gasteiger partial charge >= 0.3 is 0 Å². The Morgan fingerprint density at radius 3 is 2.11 bits per heavy atom. The van der Waals surface area contributed by atoms with Crippen molar-refractivity contribution in [1.29, 1.82) is 0 Å². The molecular weight excluding hydrogens is 232 g/mol. The lowest BCUT2D eigenvalue weighted by molar-refractivity contribution is 0.806. The highest BCUT2D eigenvalue weighted by Gasteiger charge is 2.16. The number of aromatic nitrogens is 1. The Balaban J connectivity index is 2.49. The summed E-state index contributed by atoms with van der Waals surface area (Å²) in [6.45, 7) is 10.5. The van der Waals surface area contributed by atoms with E-state index < -0.39 is 0 Å². The van der Waals surface area contributed by atoms with Crippen molar-refractivity contribution in [3.05, 3.63) is 63.5 Å². The first-order valence-corrected chi connectivity index (χ1v) is 6.66. The molecular formula is C17H22N2. The van der Waals surface area contributed by atoms with Crippen molar-refractivity contribution in [2.24, 2.45) is 5.73 Å². The molecule has 2 heteroatoms. The predicted molar refractivity (Wildman–Crippen MR) is 80.4 cm³/mol. The van der Waals surface area contributed by atoms with Crippen LogP contribution in [0.3, 0.4) is 0 Å². The Kier molecular flexibility index (Phi) is 3.72. The fourth-order valence-electron chi connectivity index (χ4n) is 2.52. The molecule has 2 N–H and O–H groups in total. The standard InChI is InChI=1S/C17H22N2/c1-10-6-14(5)17(19-9-10)16(18)15-8-12(3)11(2)7-13(15)4/h6-9,16H,18H2,1-5H3. The van der Waals surface area contributed by atoms with Gasteiger partial charge in [-0.2, -0.15) is 0 Å². The zero-order valence-corrected chi connectivity index (χ0v) is 12.4. The first kappa shape index (κ1) is 13.8. The summed E-state index contributed by atoms with van der Waals surface area (Å²) in [6, 6.07) is 6.38. The lowest BCUT2D eigenvalue weighted by Crippen LogP contribution is -2.17. The molecule has 0 spiro atoms. The van der Waals surface area contributed by atoms with Crippen molar-refractivity contribution in [2.45, 2.75) is 40.7 Å². The molecule has 0 aliphatic rings. The van der Waals surface area contributed by atoms with Crippen molar-refractivity contribution < 1.29 is 0 Å². The number of rotatable bonds is 2. The second-order valence-corrected chi connectivity index (χ2v) is 5.49. The van der Waals surface area contributed by atoms with E-state index in [1.54, 1.807) is 0 Å². The molecule has 0 bridgehead atoms. The van der Waals surface area contributed by atoms with Crippen LogP contribution in [0.5, 0.6) is 0 Å². The van der Waals surface area contributed by atoms with E-state index in [0.29, 0.717) is 0 Å². The maximum Gasteiger partial charge on any atom is 0.0731 e. The molecule has 2 nitrogen and oxygen atoms in total. The Labute approximate surface area is 115 Å². The van der Waals surface area contributed by atoms with Gasteiger partial charge in [0.15, 0.2) is 0 Å². The van der Waals surface area contributed by atoms with Gasteiger partial charge in [-0.25, -0.2) is 0 Å². The quantitative estimate of drug-likeness (QED) is 0.888. The lowest BCUT2D eigenvalue weighted by atomic mass is 9.93. The highest BCUT2D eigenvalue weighted by atomic mass is 14.8. The Bertz CT molecular complexity index is 615. The van der Waals surface area contributed by atoms with Crippen LogP contribution in [0.25, 0.3) is 0 Å². The van der Waals surface area contributed by atoms with Crippen LogP contribution in [0, 0.1) is 34.6 Å². The van der Waals surface area contributed by atoms with Gasteiger partial charge in [0, 0.05) is 6.20 Å². The normalized spacial score (nSPS) is 12.5. The first-order valence-electron chi connectivity index (χ1n) is 6.66. The molecule has 1 aromatic heterocycles. The van der Waals surface area contributed by atoms with Crippen LogP contribution in [-0.4, -0.2) is 4.98 Å². The Morgan fingerprint density at radius 2 is 1.47 bits per heavy atom. The number of nitrogens with zero attached hydrogens (tertiary/aromatic N) is 1. The molecule has 0 radical (unpaired) electrons. The third-order valence-corrected chi connectivity index (χ3v) is 3.77. The lowest BCUT2D eigenvalue weighted by Gasteiger charge is -2.18. The molecule has 0 saturated carbocycles. The minimum atomic E-state index is -0.153. The van der Waals surface area contributed by atoms with Gasteiger partial charge in [-0.15, -0.1) is 0 Å². The van der Waals surface area contributed by atoms with E-state index >= 15 is 0 Å². The van der Waals surface area contributed by atoms with Crippen LogP contribution in [0.15, 0.2) is 24.4 Å². The Hall–Kier alpha value is -1.67. The average molecular weight is 254 g/mol. The van der Waals surface area contributed by atoms with Crippen LogP contribution >= 0.6 is 0 Å². The number of nitrogens with two attached hydrogens (primary N) is 1. The number of hydrogen-bond acceptors (Lipinski definition) is 2. The van der Waals surface area contributed by atoms with Gasteiger partial charge in [0.25, 0.3) is 0 Å². The van der Waals surface area contributed by atoms with Gasteiger partial charge < -0.3 is 5.73 Å². The molecule has 1 atom stereocenters. The van der Waals surface area contributed by atoms with E-state index in [1.165, 1.54) is 27.8 Å². The summed E-state index contributed by atoms with van der Waals surface area (Å²) < 4.78 is 0. The molecule has 0 fully saturated rings. The van der Waals surface area contributed by atoms with Crippen LogP contribution in [0.2, 0.25) is 0 Å². The van der Waals surface area contributed by atoms with E-state index in [1.807, 2.05) is 6.20 Å². The molecule has 1 unspecified atom stereocenters. The summed E-state index contributed by atoms with van der Waals surface area (Å²) in [5, 5.41) is 0. The fraction of sp³-hybridized carbons (Fsp3) is 0.353. The zero-order valence-electron chi connectivity index (χ0n) is 12.4. The summed E-state index contributed by atoms with van der Waals surface area (Å²) in [4.78, 5) is 4.52. The second kappa shape index (κ2) is 5.14. The van der Waals surface area contributed by atoms with Gasteiger partial charge in [0.05, 0.1) is 11.7 Å². The minimum absolute atomic E-state index is 0.153. The molecule has 2 aromatic rings. The summed E-state index contributed by atoms with van der Waals surface area (Å²) in [6.07, 6.45) is 1.89. The molecule has 0 saturated heterocycles. The number of hydrogen-bond donors (Lipinski definition) is 1. The maximum atomic E-state index is 6.42. The molecule has 0 amide bonds. The second-order valence-electron chi connectivity index (χ2n) is 5.49. The smallest absolute Gasteiger partial charge is 0.0731 e. The monoisotopic (exact) mass is 254 g/mol. The summed E-state index contributed by atoms with van der Waals surface area (Å²) in [7, 11) is 0. The van der Waals surface area contributed by atoms with E-state index in [9.17, 15) is 0 Å². The summed E-state index contributed by atoms with van der Waals surface area (Å²) in [5.74, 6) is 0. The number of benzene rings is 1. The molecule has 19 heavy (non-hydrogen) atoms. The zero-order chi connectivity index (χ0) is 14.2. The van der Waals surface area contributed by atoms with Crippen molar-refractivity contribution in [2.75, 3.05) is 0 Å². The molecule has 1 aromatic carbocycles. The van der Waals surface area contributed by atoms with Crippen molar-refractivity contribution in [1.82, 2.24) is 4.98 Å². The SMILES string of the molecule is Cc1cnc(C(N)c2cc(C)c(C)cc2C)c(C)c1. The molecule has 1 heterocycles. The third-order valence-electron chi connectivity index (χ3n) is 3.77. The van der Waals surface area contributed by atoms with Crippen LogP contribution in [0.1, 0.15) is 45.1 Å². The third kappa shape index (κ3) is 2.69. The fourth-order valence-corrected chi connectivity index (χ4v) is 2.52.